The van der Waals surface area contributed by atoms with Gasteiger partial charge in [0.15, 0.2) is 0 Å². The van der Waals surface area contributed by atoms with Crippen molar-refractivity contribution in [2.24, 2.45) is 5.73 Å². The maximum absolute atomic E-state index is 13.1. The topological polar surface area (TPSA) is 38.9 Å². The molecule has 6 heteroatoms. The van der Waals surface area contributed by atoms with E-state index in [-0.39, 0.29) is 0 Å². The van der Waals surface area contributed by atoms with Gasteiger partial charge in [0, 0.05) is 21.2 Å². The van der Waals surface area contributed by atoms with Crippen molar-refractivity contribution in [2.75, 3.05) is 0 Å². The molecule has 0 aliphatic carbocycles. The Kier molecular flexibility index (Phi) is 4.09. The molecule has 1 unspecified atom stereocenters. The van der Waals surface area contributed by atoms with Crippen LogP contribution in [0.5, 0.6) is 0 Å². The molecule has 2 rings (SSSR count). The number of nitrogens with zero attached hydrogens (tertiary/aromatic N) is 1. The zero-order chi connectivity index (χ0) is 13.3. The van der Waals surface area contributed by atoms with Crippen molar-refractivity contribution in [2.45, 2.75) is 6.04 Å². The van der Waals surface area contributed by atoms with E-state index < -0.39 is 17.7 Å². The predicted molar refractivity (Wildman–Crippen MR) is 72.0 cm³/mol. The minimum atomic E-state index is -0.697. The molecule has 1 aromatic heterocycles. The minimum absolute atomic E-state index is 0.336. The summed E-state index contributed by atoms with van der Waals surface area (Å²) in [7, 11) is 0. The van der Waals surface area contributed by atoms with Crippen LogP contribution >= 0.6 is 31.9 Å². The fourth-order valence-electron chi connectivity index (χ4n) is 1.57. The number of hydrogen-bond donors (Lipinski definition) is 1. The van der Waals surface area contributed by atoms with Crippen LogP contribution in [0.1, 0.15) is 17.3 Å². The zero-order valence-corrected chi connectivity index (χ0v) is 12.2. The van der Waals surface area contributed by atoms with Gasteiger partial charge in [-0.2, -0.15) is 0 Å². The molecule has 1 heterocycles. The van der Waals surface area contributed by atoms with Crippen LogP contribution in [0, 0.1) is 11.6 Å². The molecule has 1 atom stereocenters. The second kappa shape index (κ2) is 5.42. The molecular weight excluding hydrogens is 370 g/mol. The molecule has 2 nitrogen and oxygen atoms in total. The van der Waals surface area contributed by atoms with Gasteiger partial charge in [-0.15, -0.1) is 0 Å². The lowest BCUT2D eigenvalue weighted by Gasteiger charge is -2.13. The molecule has 2 N–H and O–H groups in total. The van der Waals surface area contributed by atoms with Gasteiger partial charge < -0.3 is 5.73 Å². The van der Waals surface area contributed by atoms with Crippen LogP contribution in [-0.4, -0.2) is 4.98 Å². The van der Waals surface area contributed by atoms with Gasteiger partial charge in [-0.25, -0.2) is 8.78 Å². The Balaban J connectivity index is 2.44. The zero-order valence-electron chi connectivity index (χ0n) is 9.00. The van der Waals surface area contributed by atoms with Gasteiger partial charge in [-0.05, 0) is 55.6 Å². The number of pyridine rings is 1. The van der Waals surface area contributed by atoms with Crippen molar-refractivity contribution in [3.63, 3.8) is 0 Å². The van der Waals surface area contributed by atoms with Crippen LogP contribution in [0.15, 0.2) is 39.4 Å². The average Bonchev–Trinajstić information content (AvgIpc) is 2.26. The van der Waals surface area contributed by atoms with E-state index in [0.717, 1.165) is 10.5 Å². The monoisotopic (exact) mass is 376 g/mol. The lowest BCUT2D eigenvalue weighted by atomic mass is 10.0. The molecule has 94 valence electrons. The Bertz CT molecular complexity index is 570. The van der Waals surface area contributed by atoms with E-state index in [1.165, 1.54) is 12.1 Å². The third-order valence-corrected chi connectivity index (χ3v) is 3.44. The molecular formula is C12H8Br2F2N2. The van der Waals surface area contributed by atoms with Crippen LogP contribution in [-0.2, 0) is 0 Å². The van der Waals surface area contributed by atoms with Gasteiger partial charge in [0.2, 0.25) is 0 Å². The number of hydrogen-bond acceptors (Lipinski definition) is 2. The third-order valence-electron chi connectivity index (χ3n) is 2.37. The molecule has 0 fully saturated rings. The van der Waals surface area contributed by atoms with Gasteiger partial charge in [0.25, 0.3) is 0 Å². The number of nitrogens with two attached hydrogens (primary N) is 1. The summed E-state index contributed by atoms with van der Waals surface area (Å²) >= 11 is 6.59. The number of rotatable bonds is 2. The summed E-state index contributed by atoms with van der Waals surface area (Å²) < 4.78 is 27.7. The van der Waals surface area contributed by atoms with Crippen LogP contribution in [0.2, 0.25) is 0 Å². The van der Waals surface area contributed by atoms with E-state index in [4.69, 9.17) is 5.73 Å². The maximum Gasteiger partial charge on any atom is 0.126 e. The first-order valence-electron chi connectivity index (χ1n) is 5.00. The summed E-state index contributed by atoms with van der Waals surface area (Å²) in [6, 6.07) is 4.28. The smallest absolute Gasteiger partial charge is 0.126 e. The number of halogens is 4. The summed E-state index contributed by atoms with van der Waals surface area (Å²) in [6.45, 7) is 0. The molecule has 0 amide bonds. The average molecular weight is 378 g/mol. The summed E-state index contributed by atoms with van der Waals surface area (Å²) in [5.41, 5.74) is 6.82. The van der Waals surface area contributed by atoms with Crippen LogP contribution in [0.25, 0.3) is 0 Å². The summed E-state index contributed by atoms with van der Waals surface area (Å²) in [6.07, 6.45) is 1.58. The SMILES string of the molecule is NC(c1cc(F)cc(F)c1)c1ncc(Br)cc1Br. The first kappa shape index (κ1) is 13.6. The van der Waals surface area contributed by atoms with Crippen molar-refractivity contribution >= 4 is 31.9 Å². The van der Waals surface area contributed by atoms with E-state index in [1.54, 1.807) is 12.3 Å². The van der Waals surface area contributed by atoms with E-state index in [0.29, 0.717) is 15.7 Å². The second-order valence-electron chi connectivity index (χ2n) is 3.70. The van der Waals surface area contributed by atoms with E-state index >= 15 is 0 Å². The first-order chi connectivity index (χ1) is 8.47. The normalized spacial score (nSPS) is 12.5. The van der Waals surface area contributed by atoms with Gasteiger partial charge in [0.05, 0.1) is 11.7 Å². The highest BCUT2D eigenvalue weighted by Crippen LogP contribution is 2.27. The maximum atomic E-state index is 13.1. The lowest BCUT2D eigenvalue weighted by molar-refractivity contribution is 0.577. The third kappa shape index (κ3) is 2.93. The van der Waals surface area contributed by atoms with E-state index in [2.05, 4.69) is 36.8 Å². The van der Waals surface area contributed by atoms with Crippen molar-refractivity contribution < 1.29 is 8.78 Å². The Labute approximate surface area is 119 Å². The van der Waals surface area contributed by atoms with Gasteiger partial charge in [-0.3, -0.25) is 4.98 Å². The molecule has 0 aliphatic heterocycles. The Hall–Kier alpha value is -0.850. The van der Waals surface area contributed by atoms with Gasteiger partial charge in [-0.1, -0.05) is 0 Å². The van der Waals surface area contributed by atoms with Crippen molar-refractivity contribution in [1.82, 2.24) is 4.98 Å². The van der Waals surface area contributed by atoms with Gasteiger partial charge >= 0.3 is 0 Å². The fraction of sp³-hybridized carbons (Fsp3) is 0.0833. The number of aromatic nitrogens is 1. The van der Waals surface area contributed by atoms with Crippen molar-refractivity contribution in [3.8, 4) is 0 Å². The Morgan fingerprint density at radius 1 is 1.06 bits per heavy atom. The molecule has 0 saturated carbocycles. The van der Waals surface area contributed by atoms with Crippen LogP contribution in [0.4, 0.5) is 8.78 Å². The lowest BCUT2D eigenvalue weighted by Crippen LogP contribution is -2.14. The van der Waals surface area contributed by atoms with E-state index in [9.17, 15) is 8.78 Å². The molecule has 0 aliphatic rings. The molecule has 18 heavy (non-hydrogen) atoms. The summed E-state index contributed by atoms with van der Waals surface area (Å²) in [5.74, 6) is -1.32. The highest BCUT2D eigenvalue weighted by molar-refractivity contribution is 9.11. The Morgan fingerprint density at radius 2 is 1.67 bits per heavy atom. The van der Waals surface area contributed by atoms with Crippen LogP contribution < -0.4 is 5.73 Å². The molecule has 0 spiro atoms. The van der Waals surface area contributed by atoms with Crippen molar-refractivity contribution in [1.29, 1.82) is 0 Å². The standard InChI is InChI=1S/C12H8Br2F2N2/c13-7-3-10(14)12(18-5-7)11(17)6-1-8(15)4-9(16)2-6/h1-5,11H,17H2. The Morgan fingerprint density at radius 3 is 2.22 bits per heavy atom. The molecule has 0 saturated heterocycles. The minimum Gasteiger partial charge on any atom is -0.319 e. The largest absolute Gasteiger partial charge is 0.319 e. The summed E-state index contributed by atoms with van der Waals surface area (Å²) in [5, 5.41) is 0. The first-order valence-corrected chi connectivity index (χ1v) is 6.58. The molecule has 0 bridgehead atoms. The quantitative estimate of drug-likeness (QED) is 0.861. The van der Waals surface area contributed by atoms with Crippen LogP contribution in [0.3, 0.4) is 0 Å². The highest BCUT2D eigenvalue weighted by atomic mass is 79.9. The second-order valence-corrected chi connectivity index (χ2v) is 5.47. The number of benzene rings is 1. The highest BCUT2D eigenvalue weighted by Gasteiger charge is 2.16. The summed E-state index contributed by atoms with van der Waals surface area (Å²) in [4.78, 5) is 4.15. The van der Waals surface area contributed by atoms with E-state index in [1.807, 2.05) is 0 Å². The van der Waals surface area contributed by atoms with Crippen molar-refractivity contribution in [3.05, 3.63) is 62.3 Å². The molecule has 2 aromatic rings. The van der Waals surface area contributed by atoms with Gasteiger partial charge in [0.1, 0.15) is 11.6 Å². The molecule has 0 radical (unpaired) electrons. The molecule has 1 aromatic carbocycles. The predicted octanol–water partition coefficient (Wildman–Crippen LogP) is 3.93. The fourth-order valence-corrected chi connectivity index (χ4v) is 2.80.